The summed E-state index contributed by atoms with van der Waals surface area (Å²) in [5.41, 5.74) is 3.29. The van der Waals surface area contributed by atoms with Crippen LogP contribution in [0.1, 0.15) is 35.8 Å². The van der Waals surface area contributed by atoms with Crippen molar-refractivity contribution in [3.63, 3.8) is 0 Å². The van der Waals surface area contributed by atoms with Crippen molar-refractivity contribution in [1.29, 1.82) is 5.26 Å². The van der Waals surface area contributed by atoms with Crippen molar-refractivity contribution in [2.24, 2.45) is 0 Å². The first kappa shape index (κ1) is 12.1. The van der Waals surface area contributed by atoms with E-state index in [0.717, 1.165) is 17.8 Å². The Labute approximate surface area is 103 Å². The van der Waals surface area contributed by atoms with E-state index in [4.69, 9.17) is 5.26 Å². The molecule has 1 unspecified atom stereocenters. The molecule has 1 aromatic heterocycles. The van der Waals surface area contributed by atoms with Gasteiger partial charge in [0.1, 0.15) is 0 Å². The third-order valence-corrected chi connectivity index (χ3v) is 3.68. The van der Waals surface area contributed by atoms with Crippen molar-refractivity contribution in [3.05, 3.63) is 17.0 Å². The quantitative estimate of drug-likeness (QED) is 0.781. The van der Waals surface area contributed by atoms with E-state index in [1.165, 1.54) is 25.1 Å². The van der Waals surface area contributed by atoms with Crippen molar-refractivity contribution < 1.29 is 0 Å². The summed E-state index contributed by atoms with van der Waals surface area (Å²) in [7, 11) is 2.16. The van der Waals surface area contributed by atoms with Crippen molar-refractivity contribution in [3.8, 4) is 6.07 Å². The second-order valence-corrected chi connectivity index (χ2v) is 4.99. The summed E-state index contributed by atoms with van der Waals surface area (Å²) in [6.07, 6.45) is 2.89. The van der Waals surface area contributed by atoms with Crippen LogP contribution in [-0.2, 0) is 6.42 Å². The topological polar surface area (TPSA) is 44.9 Å². The van der Waals surface area contributed by atoms with Crippen LogP contribution in [0.2, 0.25) is 0 Å². The second-order valence-electron chi connectivity index (χ2n) is 4.99. The first-order valence-corrected chi connectivity index (χ1v) is 6.23. The zero-order chi connectivity index (χ0) is 12.4. The Hall–Kier alpha value is -1.34. The summed E-state index contributed by atoms with van der Waals surface area (Å²) >= 11 is 0. The molecule has 4 nitrogen and oxygen atoms in total. The molecule has 17 heavy (non-hydrogen) atoms. The molecular weight excluding hydrogens is 212 g/mol. The van der Waals surface area contributed by atoms with E-state index in [0.29, 0.717) is 12.5 Å². The summed E-state index contributed by atoms with van der Waals surface area (Å²) in [6, 6.07) is 2.70. The number of hydrogen-bond acceptors (Lipinski definition) is 3. The number of piperidine rings is 1. The lowest BCUT2D eigenvalue weighted by molar-refractivity contribution is 0.200. The van der Waals surface area contributed by atoms with Gasteiger partial charge in [0.25, 0.3) is 0 Å². The highest BCUT2D eigenvalue weighted by Crippen LogP contribution is 2.24. The molecule has 1 saturated heterocycles. The molecule has 1 aliphatic heterocycles. The fraction of sp³-hybridized carbons (Fsp3) is 0.692. The zero-order valence-corrected chi connectivity index (χ0v) is 10.9. The van der Waals surface area contributed by atoms with Gasteiger partial charge in [-0.2, -0.15) is 10.4 Å². The Balaban J connectivity index is 2.27. The molecule has 92 valence electrons. The number of nitriles is 1. The highest BCUT2D eigenvalue weighted by molar-refractivity contribution is 5.27. The molecule has 0 radical (unpaired) electrons. The van der Waals surface area contributed by atoms with Gasteiger partial charge >= 0.3 is 0 Å². The maximum absolute atomic E-state index is 8.83. The van der Waals surface area contributed by atoms with Gasteiger partial charge in [0.05, 0.1) is 24.2 Å². The fourth-order valence-electron chi connectivity index (χ4n) is 2.73. The van der Waals surface area contributed by atoms with Gasteiger partial charge in [0.2, 0.25) is 0 Å². The summed E-state index contributed by atoms with van der Waals surface area (Å²) < 4.78 is 2.14. The van der Waals surface area contributed by atoms with Crippen LogP contribution in [0.15, 0.2) is 0 Å². The minimum absolute atomic E-state index is 0.472. The van der Waals surface area contributed by atoms with Crippen LogP contribution >= 0.6 is 0 Å². The number of aromatic nitrogens is 2. The molecule has 0 bridgehead atoms. The summed E-state index contributed by atoms with van der Waals surface area (Å²) in [4.78, 5) is 2.36. The molecule has 1 atom stereocenters. The van der Waals surface area contributed by atoms with E-state index in [-0.39, 0.29) is 0 Å². The molecule has 0 aromatic carbocycles. The Morgan fingerprint density at radius 2 is 2.24 bits per heavy atom. The molecule has 0 saturated carbocycles. The lowest BCUT2D eigenvalue weighted by atomic mass is 10.1. The van der Waals surface area contributed by atoms with E-state index in [2.05, 4.69) is 34.7 Å². The highest BCUT2D eigenvalue weighted by Gasteiger charge is 2.22. The Bertz CT molecular complexity index is 441. The standard InChI is InChI=1S/C13H20N4/c1-10-13(6-7-14)11(2)17(15-10)12-5-4-8-16(3)9-12/h12H,4-6,8-9H2,1-3H3. The third kappa shape index (κ3) is 2.34. The van der Waals surface area contributed by atoms with Crippen LogP contribution in [0.4, 0.5) is 0 Å². The molecule has 0 spiro atoms. The molecule has 2 rings (SSSR count). The maximum atomic E-state index is 8.83. The van der Waals surface area contributed by atoms with Crippen LogP contribution in [-0.4, -0.2) is 34.8 Å². The molecule has 2 heterocycles. The van der Waals surface area contributed by atoms with E-state index < -0.39 is 0 Å². The SMILES string of the molecule is Cc1nn(C2CCCN(C)C2)c(C)c1CC#N. The average molecular weight is 232 g/mol. The number of likely N-dealkylation sites (N-methyl/N-ethyl adjacent to an activating group) is 1. The van der Waals surface area contributed by atoms with Crippen molar-refractivity contribution >= 4 is 0 Å². The monoisotopic (exact) mass is 232 g/mol. The van der Waals surface area contributed by atoms with Gasteiger partial charge in [-0.3, -0.25) is 4.68 Å². The molecular formula is C13H20N4. The molecule has 0 N–H and O–H groups in total. The molecule has 1 fully saturated rings. The normalized spacial score (nSPS) is 21.4. The number of rotatable bonds is 2. The van der Waals surface area contributed by atoms with E-state index >= 15 is 0 Å². The molecule has 4 heteroatoms. The Kier molecular flexibility index (Phi) is 3.49. The summed E-state index contributed by atoms with van der Waals surface area (Å²) in [5, 5.41) is 13.5. The predicted molar refractivity (Wildman–Crippen MR) is 66.8 cm³/mol. The molecule has 0 amide bonds. The van der Waals surface area contributed by atoms with Gasteiger partial charge in [0.15, 0.2) is 0 Å². The molecule has 0 aliphatic carbocycles. The van der Waals surface area contributed by atoms with Crippen molar-refractivity contribution in [1.82, 2.24) is 14.7 Å². The van der Waals surface area contributed by atoms with Crippen LogP contribution < -0.4 is 0 Å². The highest BCUT2D eigenvalue weighted by atomic mass is 15.3. The zero-order valence-electron chi connectivity index (χ0n) is 10.9. The minimum atomic E-state index is 0.472. The summed E-state index contributed by atoms with van der Waals surface area (Å²) in [5.74, 6) is 0. The minimum Gasteiger partial charge on any atom is -0.304 e. The number of likely N-dealkylation sites (tertiary alicyclic amines) is 1. The average Bonchev–Trinajstić information content (AvgIpc) is 2.57. The number of hydrogen-bond donors (Lipinski definition) is 0. The smallest absolute Gasteiger partial charge is 0.0671 e. The van der Waals surface area contributed by atoms with Crippen LogP contribution in [0.3, 0.4) is 0 Å². The van der Waals surface area contributed by atoms with E-state index in [1.54, 1.807) is 0 Å². The van der Waals surface area contributed by atoms with Crippen molar-refractivity contribution in [2.45, 2.75) is 39.2 Å². The lowest BCUT2D eigenvalue weighted by Crippen LogP contribution is -2.34. The Morgan fingerprint density at radius 1 is 1.47 bits per heavy atom. The second kappa shape index (κ2) is 4.89. The van der Waals surface area contributed by atoms with Crippen LogP contribution in [0, 0.1) is 25.2 Å². The van der Waals surface area contributed by atoms with Gasteiger partial charge < -0.3 is 4.90 Å². The molecule has 1 aliphatic rings. The van der Waals surface area contributed by atoms with Gasteiger partial charge in [-0.25, -0.2) is 0 Å². The largest absolute Gasteiger partial charge is 0.304 e. The third-order valence-electron chi connectivity index (χ3n) is 3.68. The predicted octanol–water partition coefficient (Wildman–Crippen LogP) is 1.83. The molecule has 1 aromatic rings. The van der Waals surface area contributed by atoms with Crippen molar-refractivity contribution in [2.75, 3.05) is 20.1 Å². The van der Waals surface area contributed by atoms with Crippen LogP contribution in [0.25, 0.3) is 0 Å². The first-order valence-electron chi connectivity index (χ1n) is 6.23. The van der Waals surface area contributed by atoms with E-state index in [9.17, 15) is 0 Å². The van der Waals surface area contributed by atoms with Crippen LogP contribution in [0.5, 0.6) is 0 Å². The van der Waals surface area contributed by atoms with E-state index in [1.807, 2.05) is 6.92 Å². The number of aryl methyl sites for hydroxylation is 1. The Morgan fingerprint density at radius 3 is 2.88 bits per heavy atom. The van der Waals surface area contributed by atoms with Gasteiger partial charge in [0, 0.05) is 17.8 Å². The number of nitrogens with zero attached hydrogens (tertiary/aromatic N) is 4. The maximum Gasteiger partial charge on any atom is 0.0671 e. The van der Waals surface area contributed by atoms with Gasteiger partial charge in [-0.05, 0) is 40.3 Å². The lowest BCUT2D eigenvalue weighted by Gasteiger charge is -2.30. The van der Waals surface area contributed by atoms with Gasteiger partial charge in [-0.1, -0.05) is 0 Å². The summed E-state index contributed by atoms with van der Waals surface area (Å²) in [6.45, 7) is 6.33. The first-order chi connectivity index (χ1) is 8.13. The fourth-order valence-corrected chi connectivity index (χ4v) is 2.73. The van der Waals surface area contributed by atoms with Gasteiger partial charge in [-0.15, -0.1) is 0 Å².